The number of rotatable bonds is 7. The van der Waals surface area contributed by atoms with E-state index in [9.17, 15) is 13.2 Å². The number of hydrogen-bond donors (Lipinski definition) is 0. The van der Waals surface area contributed by atoms with Gasteiger partial charge in [-0.05, 0) is 34.6 Å². The molecule has 0 saturated heterocycles. The predicted molar refractivity (Wildman–Crippen MR) is 77.9 cm³/mol. The van der Waals surface area contributed by atoms with E-state index in [0.717, 1.165) is 6.26 Å². The maximum atomic E-state index is 11.7. The fourth-order valence-electron chi connectivity index (χ4n) is 1.33. The third-order valence-electron chi connectivity index (χ3n) is 2.50. The van der Waals surface area contributed by atoms with Gasteiger partial charge < -0.3 is 9.47 Å². The van der Waals surface area contributed by atoms with Gasteiger partial charge in [-0.15, -0.1) is 0 Å². The molecule has 0 aromatic heterocycles. The normalized spacial score (nSPS) is 14.7. The number of hydrogen-bond acceptors (Lipinski definition) is 5. The number of esters is 1. The molecule has 0 aliphatic heterocycles. The molecule has 0 aromatic carbocycles. The summed E-state index contributed by atoms with van der Waals surface area (Å²) in [5, 5.41) is 0. The Morgan fingerprint density at radius 1 is 1.25 bits per heavy atom. The molecule has 0 rings (SSSR count). The van der Waals surface area contributed by atoms with Crippen LogP contribution in [0.1, 0.15) is 34.6 Å². The summed E-state index contributed by atoms with van der Waals surface area (Å²) in [6.45, 7) is 9.16. The first kappa shape index (κ1) is 19.3. The largest absolute Gasteiger partial charge is 0.462 e. The average molecular weight is 309 g/mol. The van der Waals surface area contributed by atoms with E-state index in [4.69, 9.17) is 9.47 Å². The zero-order valence-electron chi connectivity index (χ0n) is 13.5. The second kappa shape index (κ2) is 7.38. The standard InChI is InChI=1S/C13H27NO5S/c1-10(2)19-11(8-14(6)20(7,16)17)9-18-12(15)13(3,4)5/h10-11H,8-9H2,1-7H3/t11-/m0/s1. The molecule has 0 fully saturated rings. The first-order valence-electron chi connectivity index (χ1n) is 6.58. The molecule has 0 amide bonds. The average Bonchev–Trinajstić information content (AvgIpc) is 2.21. The van der Waals surface area contributed by atoms with Crippen molar-refractivity contribution in [3.8, 4) is 0 Å². The van der Waals surface area contributed by atoms with Crippen LogP contribution in [-0.4, -0.2) is 57.4 Å². The monoisotopic (exact) mass is 309 g/mol. The summed E-state index contributed by atoms with van der Waals surface area (Å²) < 4.78 is 34.8. The highest BCUT2D eigenvalue weighted by molar-refractivity contribution is 7.88. The second-order valence-electron chi connectivity index (χ2n) is 6.20. The molecule has 0 saturated carbocycles. The molecule has 0 aliphatic carbocycles. The maximum absolute atomic E-state index is 11.7. The van der Waals surface area contributed by atoms with E-state index in [1.54, 1.807) is 20.8 Å². The van der Waals surface area contributed by atoms with Gasteiger partial charge in [0.1, 0.15) is 12.7 Å². The molecule has 0 spiro atoms. The molecule has 0 aliphatic rings. The van der Waals surface area contributed by atoms with Crippen molar-refractivity contribution in [2.45, 2.75) is 46.8 Å². The van der Waals surface area contributed by atoms with Crippen molar-refractivity contribution in [3.05, 3.63) is 0 Å². The first-order chi connectivity index (χ1) is 8.84. The fraction of sp³-hybridized carbons (Fsp3) is 0.923. The third-order valence-corrected chi connectivity index (χ3v) is 3.79. The molecule has 6 nitrogen and oxygen atoms in total. The molecule has 1 atom stereocenters. The first-order valence-corrected chi connectivity index (χ1v) is 8.43. The molecule has 0 N–H and O–H groups in total. The lowest BCUT2D eigenvalue weighted by Gasteiger charge is -2.26. The minimum absolute atomic E-state index is 0.0359. The Balaban J connectivity index is 4.63. The second-order valence-corrected chi connectivity index (χ2v) is 8.29. The number of carbonyl (C=O) groups is 1. The summed E-state index contributed by atoms with van der Waals surface area (Å²) in [4.78, 5) is 11.7. The van der Waals surface area contributed by atoms with Crippen LogP contribution < -0.4 is 0 Å². The summed E-state index contributed by atoms with van der Waals surface area (Å²) in [7, 11) is -1.82. The highest BCUT2D eigenvalue weighted by Crippen LogP contribution is 2.16. The van der Waals surface area contributed by atoms with E-state index in [0.29, 0.717) is 0 Å². The van der Waals surface area contributed by atoms with Gasteiger partial charge in [0.05, 0.1) is 17.8 Å². The molecular formula is C13H27NO5S. The minimum Gasteiger partial charge on any atom is -0.462 e. The lowest BCUT2D eigenvalue weighted by molar-refractivity contribution is -0.158. The van der Waals surface area contributed by atoms with Gasteiger partial charge in [-0.25, -0.2) is 12.7 Å². The van der Waals surface area contributed by atoms with E-state index in [-0.39, 0.29) is 25.2 Å². The van der Waals surface area contributed by atoms with Crippen molar-refractivity contribution in [3.63, 3.8) is 0 Å². The van der Waals surface area contributed by atoms with Crippen molar-refractivity contribution >= 4 is 16.0 Å². The van der Waals surface area contributed by atoms with E-state index < -0.39 is 21.5 Å². The summed E-state index contributed by atoms with van der Waals surface area (Å²) in [5.41, 5.74) is -0.592. The van der Waals surface area contributed by atoms with Crippen LogP contribution in [0.25, 0.3) is 0 Å². The number of ether oxygens (including phenoxy) is 2. The third kappa shape index (κ3) is 7.81. The fourth-order valence-corrected chi connectivity index (χ4v) is 1.76. The van der Waals surface area contributed by atoms with Crippen LogP contribution in [0.15, 0.2) is 0 Å². The highest BCUT2D eigenvalue weighted by Gasteiger charge is 2.26. The van der Waals surface area contributed by atoms with Crippen molar-refractivity contribution in [2.75, 3.05) is 26.5 Å². The summed E-state index contributed by atoms with van der Waals surface area (Å²) >= 11 is 0. The van der Waals surface area contributed by atoms with Crippen molar-refractivity contribution in [2.24, 2.45) is 5.41 Å². The molecule has 0 bridgehead atoms. The Hall–Kier alpha value is -0.660. The van der Waals surface area contributed by atoms with Crippen LogP contribution in [0.5, 0.6) is 0 Å². The lowest BCUT2D eigenvalue weighted by atomic mass is 9.97. The van der Waals surface area contributed by atoms with Crippen LogP contribution in [0, 0.1) is 5.41 Å². The van der Waals surface area contributed by atoms with Crippen LogP contribution in [0.3, 0.4) is 0 Å². The Morgan fingerprint density at radius 2 is 1.75 bits per heavy atom. The molecule has 0 radical (unpaired) electrons. The molecule has 20 heavy (non-hydrogen) atoms. The van der Waals surface area contributed by atoms with Crippen molar-refractivity contribution < 1.29 is 22.7 Å². The molecule has 120 valence electrons. The molecule has 7 heteroatoms. The van der Waals surface area contributed by atoms with E-state index in [1.807, 2.05) is 13.8 Å². The van der Waals surface area contributed by atoms with Gasteiger partial charge in [-0.3, -0.25) is 4.79 Å². The van der Waals surface area contributed by atoms with Crippen LogP contribution in [-0.2, 0) is 24.3 Å². The van der Waals surface area contributed by atoms with Gasteiger partial charge in [0, 0.05) is 13.6 Å². The van der Waals surface area contributed by atoms with Gasteiger partial charge in [-0.2, -0.15) is 0 Å². The topological polar surface area (TPSA) is 72.9 Å². The Morgan fingerprint density at radius 3 is 2.10 bits per heavy atom. The van der Waals surface area contributed by atoms with Crippen LogP contribution in [0.4, 0.5) is 0 Å². The number of sulfonamides is 1. The lowest BCUT2D eigenvalue weighted by Crippen LogP contribution is -2.39. The summed E-state index contributed by atoms with van der Waals surface area (Å²) in [5.74, 6) is -0.336. The minimum atomic E-state index is -3.29. The zero-order valence-corrected chi connectivity index (χ0v) is 14.3. The van der Waals surface area contributed by atoms with Crippen LogP contribution >= 0.6 is 0 Å². The molecular weight excluding hydrogens is 282 g/mol. The van der Waals surface area contributed by atoms with Gasteiger partial charge in [0.2, 0.25) is 10.0 Å². The number of nitrogens with zero attached hydrogens (tertiary/aromatic N) is 1. The predicted octanol–water partition coefficient (Wildman–Crippen LogP) is 1.26. The Labute approximate surface area is 122 Å². The smallest absolute Gasteiger partial charge is 0.311 e. The molecule has 0 aromatic rings. The van der Waals surface area contributed by atoms with Gasteiger partial charge in [-0.1, -0.05) is 0 Å². The number of likely N-dealkylation sites (N-methyl/N-ethyl adjacent to an activating group) is 1. The van der Waals surface area contributed by atoms with E-state index in [2.05, 4.69) is 0 Å². The summed E-state index contributed by atoms with van der Waals surface area (Å²) in [6.07, 6.45) is 0.558. The number of carbonyl (C=O) groups excluding carboxylic acids is 1. The van der Waals surface area contributed by atoms with Gasteiger partial charge in [0.15, 0.2) is 0 Å². The summed E-state index contributed by atoms with van der Waals surface area (Å²) in [6, 6.07) is 0. The Bertz CT molecular complexity index is 411. The zero-order chi connectivity index (χ0) is 16.1. The SMILES string of the molecule is CC(C)O[C@H](COC(=O)C(C)(C)C)CN(C)S(C)(=O)=O. The highest BCUT2D eigenvalue weighted by atomic mass is 32.2. The molecule has 0 heterocycles. The Kier molecular flexibility index (Phi) is 7.13. The van der Waals surface area contributed by atoms with Crippen molar-refractivity contribution in [1.29, 1.82) is 0 Å². The van der Waals surface area contributed by atoms with Crippen LogP contribution in [0.2, 0.25) is 0 Å². The van der Waals surface area contributed by atoms with E-state index in [1.165, 1.54) is 11.4 Å². The molecule has 0 unspecified atom stereocenters. The quantitative estimate of drug-likeness (QED) is 0.662. The maximum Gasteiger partial charge on any atom is 0.311 e. The van der Waals surface area contributed by atoms with Gasteiger partial charge >= 0.3 is 5.97 Å². The van der Waals surface area contributed by atoms with Crippen molar-refractivity contribution in [1.82, 2.24) is 4.31 Å². The van der Waals surface area contributed by atoms with E-state index >= 15 is 0 Å². The van der Waals surface area contributed by atoms with Gasteiger partial charge in [0.25, 0.3) is 0 Å².